The smallest absolute Gasteiger partial charge is 0.340 e. The second-order valence-electron chi connectivity index (χ2n) is 8.02. The standard InChI is InChI=1S/C20H31N7O9/c1-3-6-27(26-35)20(34)22-8-11-7-21-10(2)23-18(11)25-14(30)5-4-13(29)24-15-17(32)16(31)12(9-28)36-19(15)33/h7,12,15-17,19,28,31-33H,3-6,8-9H2,1-2H3,(H,22,34)(H,24,29)(H,21,23,25,30). The third kappa shape index (κ3) is 7.85. The molecule has 1 saturated heterocycles. The number of carbonyl (C=O) groups is 3. The van der Waals surface area contributed by atoms with Crippen molar-refractivity contribution in [2.75, 3.05) is 18.5 Å². The SMILES string of the molecule is CCCN(N=O)C(=O)NCc1cnc(C)nc1NC(=O)CCC(=O)NC1C(O)OC(CO)C(O)C1O. The molecule has 0 saturated carbocycles. The summed E-state index contributed by atoms with van der Waals surface area (Å²) in [5.41, 5.74) is 0.340. The van der Waals surface area contributed by atoms with Crippen LogP contribution in [0.4, 0.5) is 10.6 Å². The van der Waals surface area contributed by atoms with Crippen LogP contribution in [-0.4, -0.2) is 97.0 Å². The van der Waals surface area contributed by atoms with Gasteiger partial charge in [-0.3, -0.25) is 9.59 Å². The van der Waals surface area contributed by atoms with Crippen LogP contribution in [0.2, 0.25) is 0 Å². The second-order valence-corrected chi connectivity index (χ2v) is 8.02. The Balaban J connectivity index is 1.92. The van der Waals surface area contributed by atoms with E-state index in [9.17, 15) is 34.6 Å². The number of rotatable bonds is 11. The summed E-state index contributed by atoms with van der Waals surface area (Å²) in [5.74, 6) is -0.881. The monoisotopic (exact) mass is 513 g/mol. The highest BCUT2D eigenvalue weighted by Gasteiger charge is 2.44. The average molecular weight is 514 g/mol. The number of aliphatic hydroxyl groups is 4. The minimum absolute atomic E-state index is 0.0963. The first-order valence-corrected chi connectivity index (χ1v) is 11.2. The van der Waals surface area contributed by atoms with Crippen molar-refractivity contribution >= 4 is 23.7 Å². The van der Waals surface area contributed by atoms with Gasteiger partial charge in [0.2, 0.25) is 11.8 Å². The first-order chi connectivity index (χ1) is 17.1. The molecule has 200 valence electrons. The lowest BCUT2D eigenvalue weighted by atomic mass is 9.97. The molecule has 0 aromatic carbocycles. The molecular formula is C20H31N7O9. The Kier molecular flexibility index (Phi) is 11.0. The van der Waals surface area contributed by atoms with Crippen LogP contribution in [0.3, 0.4) is 0 Å². The summed E-state index contributed by atoms with van der Waals surface area (Å²) in [5, 5.41) is 49.7. The zero-order chi connectivity index (χ0) is 26.8. The molecule has 7 N–H and O–H groups in total. The number of ether oxygens (including phenoxy) is 1. The molecule has 0 aliphatic carbocycles. The maximum absolute atomic E-state index is 12.4. The molecule has 0 spiro atoms. The summed E-state index contributed by atoms with van der Waals surface area (Å²) in [6.07, 6.45) is -4.76. The van der Waals surface area contributed by atoms with E-state index in [1.165, 1.54) is 6.20 Å². The fraction of sp³-hybridized carbons (Fsp3) is 0.650. The van der Waals surface area contributed by atoms with Gasteiger partial charge < -0.3 is 41.1 Å². The molecule has 2 heterocycles. The summed E-state index contributed by atoms with van der Waals surface area (Å²) in [6, 6.07) is -2.10. The Morgan fingerprint density at radius 2 is 1.86 bits per heavy atom. The number of urea groups is 1. The lowest BCUT2D eigenvalue weighted by molar-refractivity contribution is -0.253. The number of anilines is 1. The van der Waals surface area contributed by atoms with Crippen LogP contribution >= 0.6 is 0 Å². The molecule has 16 heteroatoms. The highest BCUT2D eigenvalue weighted by molar-refractivity contribution is 5.93. The largest absolute Gasteiger partial charge is 0.394 e. The van der Waals surface area contributed by atoms with Gasteiger partial charge in [-0.25, -0.2) is 14.8 Å². The molecule has 1 aromatic heterocycles. The Bertz CT molecular complexity index is 935. The van der Waals surface area contributed by atoms with Crippen LogP contribution in [0.1, 0.15) is 37.6 Å². The van der Waals surface area contributed by atoms with Crippen LogP contribution in [0.25, 0.3) is 0 Å². The van der Waals surface area contributed by atoms with E-state index in [4.69, 9.17) is 9.84 Å². The van der Waals surface area contributed by atoms with Crippen LogP contribution < -0.4 is 16.0 Å². The molecule has 36 heavy (non-hydrogen) atoms. The van der Waals surface area contributed by atoms with Crippen molar-refractivity contribution in [3.05, 3.63) is 22.5 Å². The molecule has 5 atom stereocenters. The Morgan fingerprint density at radius 1 is 1.17 bits per heavy atom. The molecule has 2 rings (SSSR count). The number of aryl methyl sites for hydroxylation is 1. The minimum atomic E-state index is -1.68. The van der Waals surface area contributed by atoms with E-state index < -0.39 is 55.1 Å². The van der Waals surface area contributed by atoms with Gasteiger partial charge in [0.15, 0.2) is 6.29 Å². The van der Waals surface area contributed by atoms with Crippen molar-refractivity contribution in [1.29, 1.82) is 0 Å². The fourth-order valence-corrected chi connectivity index (χ4v) is 3.32. The van der Waals surface area contributed by atoms with Gasteiger partial charge in [0.05, 0.1) is 11.9 Å². The maximum atomic E-state index is 12.4. The van der Waals surface area contributed by atoms with E-state index in [0.717, 1.165) is 5.01 Å². The molecule has 16 nitrogen and oxygen atoms in total. The molecule has 4 amide bonds. The molecule has 1 fully saturated rings. The van der Waals surface area contributed by atoms with Gasteiger partial charge in [0, 0.05) is 37.7 Å². The second kappa shape index (κ2) is 13.7. The first-order valence-electron chi connectivity index (χ1n) is 11.2. The van der Waals surface area contributed by atoms with Crippen LogP contribution in [-0.2, 0) is 20.9 Å². The van der Waals surface area contributed by atoms with Gasteiger partial charge in [-0.15, -0.1) is 4.91 Å². The quantitative estimate of drug-likeness (QED) is 0.126. The summed E-state index contributed by atoms with van der Waals surface area (Å²) < 4.78 is 4.97. The molecule has 5 unspecified atom stereocenters. The average Bonchev–Trinajstić information content (AvgIpc) is 2.85. The van der Waals surface area contributed by atoms with Gasteiger partial charge >= 0.3 is 6.03 Å². The van der Waals surface area contributed by atoms with Crippen molar-refractivity contribution in [2.24, 2.45) is 5.29 Å². The van der Waals surface area contributed by atoms with Crippen LogP contribution in [0, 0.1) is 11.8 Å². The number of hydrogen-bond donors (Lipinski definition) is 7. The first kappa shape index (κ1) is 28.9. The number of amides is 4. The topological polar surface area (TPSA) is 236 Å². The summed E-state index contributed by atoms with van der Waals surface area (Å²) in [4.78, 5) is 55.7. The highest BCUT2D eigenvalue weighted by atomic mass is 16.6. The lowest BCUT2D eigenvalue weighted by Gasteiger charge is -2.40. The van der Waals surface area contributed by atoms with Gasteiger partial charge in [0.25, 0.3) is 0 Å². The molecule has 1 aliphatic rings. The number of nitrogens with zero attached hydrogens (tertiary/aromatic N) is 4. The number of aliphatic hydroxyl groups excluding tert-OH is 4. The van der Waals surface area contributed by atoms with E-state index >= 15 is 0 Å². The number of nitroso groups, excluding NO2 is 1. The normalized spacial score (nSPS) is 23.4. The van der Waals surface area contributed by atoms with E-state index in [0.29, 0.717) is 17.8 Å². The van der Waals surface area contributed by atoms with Crippen molar-refractivity contribution in [1.82, 2.24) is 25.6 Å². The van der Waals surface area contributed by atoms with Crippen LogP contribution in [0.15, 0.2) is 11.5 Å². The van der Waals surface area contributed by atoms with E-state index in [1.807, 2.05) is 0 Å². The third-order valence-corrected chi connectivity index (χ3v) is 5.25. The predicted octanol–water partition coefficient (Wildman–Crippen LogP) is -1.98. The van der Waals surface area contributed by atoms with Crippen molar-refractivity contribution in [2.45, 2.75) is 70.3 Å². The number of aromatic nitrogens is 2. The number of hydrogen-bond acceptors (Lipinski definition) is 12. The summed E-state index contributed by atoms with van der Waals surface area (Å²) in [7, 11) is 0. The van der Waals surface area contributed by atoms with E-state index in [-0.39, 0.29) is 31.7 Å². The Morgan fingerprint density at radius 3 is 2.50 bits per heavy atom. The van der Waals surface area contributed by atoms with Crippen molar-refractivity contribution < 1.29 is 39.5 Å². The summed E-state index contributed by atoms with van der Waals surface area (Å²) >= 11 is 0. The maximum Gasteiger partial charge on any atom is 0.340 e. The summed E-state index contributed by atoms with van der Waals surface area (Å²) in [6.45, 7) is 2.74. The molecule has 1 aliphatic heterocycles. The van der Waals surface area contributed by atoms with Crippen molar-refractivity contribution in [3.63, 3.8) is 0 Å². The van der Waals surface area contributed by atoms with Crippen molar-refractivity contribution in [3.8, 4) is 0 Å². The van der Waals surface area contributed by atoms with Gasteiger partial charge in [-0.1, -0.05) is 6.92 Å². The zero-order valence-corrected chi connectivity index (χ0v) is 19.8. The zero-order valence-electron chi connectivity index (χ0n) is 19.8. The number of carbonyl (C=O) groups excluding carboxylic acids is 3. The Hall–Kier alpha value is -3.31. The van der Waals surface area contributed by atoms with Gasteiger partial charge in [-0.2, -0.15) is 5.01 Å². The highest BCUT2D eigenvalue weighted by Crippen LogP contribution is 2.20. The minimum Gasteiger partial charge on any atom is -0.394 e. The lowest BCUT2D eigenvalue weighted by Crippen LogP contribution is -2.64. The van der Waals surface area contributed by atoms with Gasteiger partial charge in [-0.05, 0) is 13.3 Å². The van der Waals surface area contributed by atoms with Gasteiger partial charge in [0.1, 0.15) is 36.0 Å². The number of nitrogens with one attached hydrogen (secondary N) is 3. The van der Waals surface area contributed by atoms with E-state index in [1.54, 1.807) is 13.8 Å². The Labute approximate surface area is 206 Å². The fourth-order valence-electron chi connectivity index (χ4n) is 3.32. The van der Waals surface area contributed by atoms with E-state index in [2.05, 4.69) is 31.2 Å². The molecule has 0 bridgehead atoms. The molecule has 1 aromatic rings. The third-order valence-electron chi connectivity index (χ3n) is 5.25. The van der Waals surface area contributed by atoms with Crippen LogP contribution in [0.5, 0.6) is 0 Å². The molecule has 0 radical (unpaired) electrons. The predicted molar refractivity (Wildman–Crippen MR) is 122 cm³/mol. The molecular weight excluding hydrogens is 482 g/mol.